The van der Waals surface area contributed by atoms with E-state index < -0.39 is 0 Å². The lowest BCUT2D eigenvalue weighted by molar-refractivity contribution is 0.0947. The summed E-state index contributed by atoms with van der Waals surface area (Å²) in [5, 5.41) is 6.20. The molecule has 0 saturated heterocycles. The van der Waals surface area contributed by atoms with Gasteiger partial charge in [-0.25, -0.2) is 9.97 Å². The Hall–Kier alpha value is -2.47. The van der Waals surface area contributed by atoms with Crippen LogP contribution in [0.5, 0.6) is 0 Å². The number of rotatable bonds is 7. The number of carbonyl (C=O) groups is 1. The van der Waals surface area contributed by atoms with E-state index in [4.69, 9.17) is 0 Å². The van der Waals surface area contributed by atoms with Crippen LogP contribution < -0.4 is 10.6 Å². The molecule has 6 nitrogen and oxygen atoms in total. The summed E-state index contributed by atoms with van der Waals surface area (Å²) < 4.78 is 0. The molecule has 0 unspecified atom stereocenters. The third-order valence-electron chi connectivity index (χ3n) is 4.07. The molecule has 0 bridgehead atoms. The molecule has 140 valence electrons. The first-order valence-corrected chi connectivity index (χ1v) is 8.89. The van der Waals surface area contributed by atoms with Gasteiger partial charge in [0.05, 0.1) is 0 Å². The van der Waals surface area contributed by atoms with Gasteiger partial charge >= 0.3 is 0 Å². The van der Waals surface area contributed by atoms with Gasteiger partial charge in [-0.05, 0) is 71.9 Å². The summed E-state index contributed by atoms with van der Waals surface area (Å²) in [6, 6.07) is 5.94. The molecule has 26 heavy (non-hydrogen) atoms. The van der Waals surface area contributed by atoms with Crippen LogP contribution in [0.1, 0.15) is 39.3 Å². The number of aryl methyl sites for hydroxylation is 4. The molecule has 2 aromatic rings. The van der Waals surface area contributed by atoms with Crippen molar-refractivity contribution in [3.8, 4) is 0 Å². The average molecular weight is 355 g/mol. The summed E-state index contributed by atoms with van der Waals surface area (Å²) in [4.78, 5) is 23.3. The fraction of sp³-hybridized carbons (Fsp3) is 0.450. The number of aromatic nitrogens is 2. The second kappa shape index (κ2) is 8.76. The topological polar surface area (TPSA) is 70.2 Å². The summed E-state index contributed by atoms with van der Waals surface area (Å²) in [6.07, 6.45) is 0.898. The lowest BCUT2D eigenvalue weighted by Gasteiger charge is -2.14. The van der Waals surface area contributed by atoms with Crippen molar-refractivity contribution in [2.45, 2.75) is 34.1 Å². The number of hydrogen-bond acceptors (Lipinski definition) is 5. The number of carbonyl (C=O) groups excluding carboxylic acids is 1. The molecular weight excluding hydrogens is 326 g/mol. The maximum absolute atomic E-state index is 12.4. The van der Waals surface area contributed by atoms with E-state index >= 15 is 0 Å². The maximum atomic E-state index is 12.4. The number of hydrogen-bond donors (Lipinski definition) is 2. The van der Waals surface area contributed by atoms with Crippen molar-refractivity contribution in [2.75, 3.05) is 32.5 Å². The Balaban J connectivity index is 2.13. The van der Waals surface area contributed by atoms with Gasteiger partial charge in [0.2, 0.25) is 5.95 Å². The molecule has 0 atom stereocenters. The lowest BCUT2D eigenvalue weighted by atomic mass is 10.1. The number of anilines is 2. The maximum Gasteiger partial charge on any atom is 0.270 e. The molecule has 0 aliphatic carbocycles. The van der Waals surface area contributed by atoms with Crippen LogP contribution in [0, 0.1) is 27.7 Å². The monoisotopic (exact) mass is 355 g/mol. The van der Waals surface area contributed by atoms with Crippen molar-refractivity contribution in [3.05, 3.63) is 46.3 Å². The van der Waals surface area contributed by atoms with Crippen LogP contribution in [0.2, 0.25) is 0 Å². The summed E-state index contributed by atoms with van der Waals surface area (Å²) in [5.74, 6) is 0.271. The number of nitrogens with zero attached hydrogens (tertiary/aromatic N) is 3. The van der Waals surface area contributed by atoms with E-state index in [-0.39, 0.29) is 5.91 Å². The first-order chi connectivity index (χ1) is 12.3. The Morgan fingerprint density at radius 2 is 1.69 bits per heavy atom. The number of benzene rings is 1. The fourth-order valence-corrected chi connectivity index (χ4v) is 2.92. The predicted octanol–water partition coefficient (Wildman–Crippen LogP) is 3.14. The molecule has 1 aromatic carbocycles. The number of nitrogens with one attached hydrogen (secondary N) is 2. The Kier molecular flexibility index (Phi) is 6.69. The van der Waals surface area contributed by atoms with Crippen LogP contribution in [0.4, 0.5) is 11.6 Å². The third-order valence-corrected chi connectivity index (χ3v) is 4.07. The van der Waals surface area contributed by atoms with Crippen LogP contribution >= 0.6 is 0 Å². The molecule has 0 saturated carbocycles. The zero-order chi connectivity index (χ0) is 19.3. The van der Waals surface area contributed by atoms with Crippen molar-refractivity contribution >= 4 is 17.5 Å². The first kappa shape index (κ1) is 19.8. The molecule has 0 fully saturated rings. The summed E-state index contributed by atoms with van der Waals surface area (Å²) in [7, 11) is 4.03. The Bertz CT molecular complexity index is 763. The van der Waals surface area contributed by atoms with Gasteiger partial charge in [-0.2, -0.15) is 0 Å². The molecule has 0 radical (unpaired) electrons. The van der Waals surface area contributed by atoms with Crippen LogP contribution in [-0.2, 0) is 0 Å². The van der Waals surface area contributed by atoms with Crippen molar-refractivity contribution < 1.29 is 4.79 Å². The highest BCUT2D eigenvalue weighted by Gasteiger charge is 2.12. The smallest absolute Gasteiger partial charge is 0.270 e. The van der Waals surface area contributed by atoms with E-state index in [1.807, 2.05) is 21.0 Å². The zero-order valence-electron chi connectivity index (χ0n) is 16.6. The second-order valence-corrected chi connectivity index (χ2v) is 7.03. The minimum Gasteiger partial charge on any atom is -0.351 e. The van der Waals surface area contributed by atoms with Gasteiger partial charge in [0.1, 0.15) is 5.69 Å². The second-order valence-electron chi connectivity index (χ2n) is 7.03. The van der Waals surface area contributed by atoms with E-state index in [2.05, 4.69) is 58.4 Å². The molecule has 2 N–H and O–H groups in total. The highest BCUT2D eigenvalue weighted by Crippen LogP contribution is 2.24. The van der Waals surface area contributed by atoms with Crippen LogP contribution in [-0.4, -0.2) is 48.0 Å². The molecule has 1 heterocycles. The van der Waals surface area contributed by atoms with Gasteiger partial charge < -0.3 is 15.5 Å². The normalized spacial score (nSPS) is 10.9. The largest absolute Gasteiger partial charge is 0.351 e. The molecule has 1 aromatic heterocycles. The minimum absolute atomic E-state index is 0.172. The van der Waals surface area contributed by atoms with Gasteiger partial charge in [-0.3, -0.25) is 4.79 Å². The fourth-order valence-electron chi connectivity index (χ4n) is 2.92. The van der Waals surface area contributed by atoms with E-state index in [9.17, 15) is 4.79 Å². The molecule has 2 rings (SSSR count). The molecule has 0 aliphatic heterocycles. The first-order valence-electron chi connectivity index (χ1n) is 8.89. The van der Waals surface area contributed by atoms with Gasteiger partial charge in [0.25, 0.3) is 5.91 Å². The summed E-state index contributed by atoms with van der Waals surface area (Å²) in [6.45, 7) is 9.60. The molecule has 6 heteroatoms. The lowest BCUT2D eigenvalue weighted by Crippen LogP contribution is -2.28. The molecular formula is C20H29N5O. The van der Waals surface area contributed by atoms with Gasteiger partial charge in [-0.15, -0.1) is 0 Å². The minimum atomic E-state index is -0.172. The van der Waals surface area contributed by atoms with Crippen molar-refractivity contribution in [1.29, 1.82) is 0 Å². The summed E-state index contributed by atoms with van der Waals surface area (Å²) in [5.41, 5.74) is 5.59. The Labute approximate surface area is 156 Å². The molecule has 1 amide bonds. The Morgan fingerprint density at radius 1 is 1.04 bits per heavy atom. The van der Waals surface area contributed by atoms with Gasteiger partial charge in [-0.1, -0.05) is 17.7 Å². The highest BCUT2D eigenvalue weighted by molar-refractivity contribution is 5.92. The number of amides is 1. The van der Waals surface area contributed by atoms with E-state index in [1.54, 1.807) is 6.07 Å². The predicted molar refractivity (Wildman–Crippen MR) is 106 cm³/mol. The SMILES string of the molecule is Cc1cc(C)c(Nc2nc(C)cc(C(=O)NCCCN(C)C)n2)c(C)c1. The highest BCUT2D eigenvalue weighted by atomic mass is 16.1. The quantitative estimate of drug-likeness (QED) is 0.747. The van der Waals surface area contributed by atoms with Crippen LogP contribution in [0.3, 0.4) is 0 Å². The van der Waals surface area contributed by atoms with E-state index in [0.717, 1.165) is 35.5 Å². The standard InChI is InChI=1S/C20H29N5O/c1-13-10-14(2)18(15(3)11-13)24-20-22-16(4)12-17(23-20)19(26)21-8-7-9-25(5)6/h10-12H,7-9H2,1-6H3,(H,21,26)(H,22,23,24). The van der Waals surface area contributed by atoms with Gasteiger partial charge in [0, 0.05) is 17.9 Å². The Morgan fingerprint density at radius 3 is 2.31 bits per heavy atom. The average Bonchev–Trinajstić information content (AvgIpc) is 2.54. The van der Waals surface area contributed by atoms with Crippen molar-refractivity contribution in [3.63, 3.8) is 0 Å². The van der Waals surface area contributed by atoms with E-state index in [1.165, 1.54) is 5.56 Å². The van der Waals surface area contributed by atoms with Gasteiger partial charge in [0.15, 0.2) is 0 Å². The zero-order valence-corrected chi connectivity index (χ0v) is 16.6. The molecule has 0 spiro atoms. The summed E-state index contributed by atoms with van der Waals surface area (Å²) >= 11 is 0. The van der Waals surface area contributed by atoms with Crippen molar-refractivity contribution in [2.24, 2.45) is 0 Å². The molecule has 0 aliphatic rings. The van der Waals surface area contributed by atoms with Crippen LogP contribution in [0.25, 0.3) is 0 Å². The van der Waals surface area contributed by atoms with E-state index in [0.29, 0.717) is 18.2 Å². The van der Waals surface area contributed by atoms with Crippen LogP contribution in [0.15, 0.2) is 18.2 Å². The third kappa shape index (κ3) is 5.52. The van der Waals surface area contributed by atoms with Crippen molar-refractivity contribution in [1.82, 2.24) is 20.2 Å².